The molecular weight excluding hydrogens is 457 g/mol. The van der Waals surface area contributed by atoms with Gasteiger partial charge in [-0.25, -0.2) is 13.2 Å². The summed E-state index contributed by atoms with van der Waals surface area (Å²) in [6, 6.07) is 0.879. The summed E-state index contributed by atoms with van der Waals surface area (Å²) < 4.78 is 44.9. The van der Waals surface area contributed by atoms with E-state index in [9.17, 15) is 19.1 Å². The molecule has 1 aromatic carbocycles. The number of hydrogen-bond donors (Lipinski definition) is 3. The summed E-state index contributed by atoms with van der Waals surface area (Å²) >= 11 is 5.94. The molecule has 0 aromatic heterocycles. The van der Waals surface area contributed by atoms with Crippen LogP contribution in [0.3, 0.4) is 0 Å². The predicted octanol–water partition coefficient (Wildman–Crippen LogP) is 4.50. The largest absolute Gasteiger partial charge is 0.381 e. The first-order valence-corrected chi connectivity index (χ1v) is 11.9. The number of carbonyl (C=O) groups is 2. The van der Waals surface area contributed by atoms with Crippen LogP contribution < -0.4 is 10.6 Å². The number of hydrogen-bond acceptors (Lipinski definition) is 3. The number of rotatable bonds is 6. The number of amides is 2. The van der Waals surface area contributed by atoms with Gasteiger partial charge in [0.1, 0.15) is 22.9 Å². The molecule has 0 radical (unpaired) electrons. The first-order chi connectivity index (χ1) is 15.3. The minimum atomic E-state index is -1.53. The number of benzene rings is 1. The molecule has 182 valence electrons. The molecule has 3 aliphatic rings. The second-order valence-electron chi connectivity index (χ2n) is 10.6. The standard InChI is InChI=1S/C24H30ClF3N2O3/c1-22(2,33)21(32)29-14-4-3-13(11-14)20(31)30-19(17-16(26)6-5-15(25)18(17)27)23-7-9-24(28,12-23)10-8-23/h5-6,13-14,19,33H,3-4,7-12H2,1-2H3,(H,29,32)(H,30,31)/t13-,14?,19-,23?,24?/m1/s1. The molecular formula is C24H30ClF3N2O3. The number of fused-ring (bicyclic) bond motifs is 2. The van der Waals surface area contributed by atoms with E-state index < -0.39 is 46.2 Å². The molecule has 3 atom stereocenters. The van der Waals surface area contributed by atoms with Crippen molar-refractivity contribution in [1.82, 2.24) is 10.6 Å². The van der Waals surface area contributed by atoms with Crippen LogP contribution >= 0.6 is 11.6 Å². The van der Waals surface area contributed by atoms with E-state index in [1.54, 1.807) is 0 Å². The second-order valence-corrected chi connectivity index (χ2v) is 11.0. The lowest BCUT2D eigenvalue weighted by Crippen LogP contribution is -2.46. The Labute approximate surface area is 196 Å². The number of halogens is 4. The molecule has 33 heavy (non-hydrogen) atoms. The highest BCUT2D eigenvalue weighted by molar-refractivity contribution is 6.30. The zero-order chi connectivity index (χ0) is 24.2. The molecule has 3 fully saturated rings. The van der Waals surface area contributed by atoms with Crippen LogP contribution in [-0.2, 0) is 9.59 Å². The minimum Gasteiger partial charge on any atom is -0.381 e. The van der Waals surface area contributed by atoms with E-state index in [1.807, 2.05) is 0 Å². The van der Waals surface area contributed by atoms with Gasteiger partial charge in [0.25, 0.3) is 5.91 Å². The first-order valence-electron chi connectivity index (χ1n) is 11.5. The van der Waals surface area contributed by atoms with Crippen LogP contribution in [0.4, 0.5) is 13.2 Å². The fourth-order valence-corrected chi connectivity index (χ4v) is 6.05. The Kier molecular flexibility index (Phi) is 6.23. The van der Waals surface area contributed by atoms with Crippen LogP contribution in [0.25, 0.3) is 0 Å². The van der Waals surface area contributed by atoms with Crippen LogP contribution in [0.15, 0.2) is 12.1 Å². The van der Waals surface area contributed by atoms with Gasteiger partial charge in [-0.15, -0.1) is 0 Å². The molecule has 2 bridgehead atoms. The van der Waals surface area contributed by atoms with E-state index in [2.05, 4.69) is 10.6 Å². The summed E-state index contributed by atoms with van der Waals surface area (Å²) in [6.07, 6.45) is 2.98. The smallest absolute Gasteiger partial charge is 0.251 e. The van der Waals surface area contributed by atoms with Gasteiger partial charge in [0.2, 0.25) is 5.91 Å². The molecule has 3 aliphatic carbocycles. The minimum absolute atomic E-state index is 0.144. The fourth-order valence-electron chi connectivity index (χ4n) is 5.88. The van der Waals surface area contributed by atoms with E-state index >= 15 is 8.78 Å². The Morgan fingerprint density at radius 1 is 1.18 bits per heavy atom. The van der Waals surface area contributed by atoms with Crippen molar-refractivity contribution in [3.8, 4) is 0 Å². The Bertz CT molecular complexity index is 957. The molecule has 1 aromatic rings. The third-order valence-corrected chi connectivity index (χ3v) is 8.06. The summed E-state index contributed by atoms with van der Waals surface area (Å²) in [4.78, 5) is 25.3. The Morgan fingerprint density at radius 2 is 1.85 bits per heavy atom. The highest BCUT2D eigenvalue weighted by Crippen LogP contribution is 2.63. The van der Waals surface area contributed by atoms with Crippen LogP contribution in [0.1, 0.15) is 76.8 Å². The molecule has 3 saturated carbocycles. The molecule has 0 saturated heterocycles. The average molecular weight is 487 g/mol. The normalized spacial score (nSPS) is 32.1. The first kappa shape index (κ1) is 24.3. The maximum absolute atomic E-state index is 15.0. The summed E-state index contributed by atoms with van der Waals surface area (Å²) in [5.74, 6) is -3.12. The van der Waals surface area contributed by atoms with Gasteiger partial charge >= 0.3 is 0 Å². The van der Waals surface area contributed by atoms with Crippen molar-refractivity contribution in [2.45, 2.75) is 88.6 Å². The second kappa shape index (κ2) is 8.45. The Balaban J connectivity index is 1.56. The lowest BCUT2D eigenvalue weighted by molar-refractivity contribution is -0.137. The Hall–Kier alpha value is -1.80. The monoisotopic (exact) mass is 486 g/mol. The van der Waals surface area contributed by atoms with Gasteiger partial charge in [-0.3, -0.25) is 9.59 Å². The number of nitrogens with one attached hydrogen (secondary N) is 2. The summed E-state index contributed by atoms with van der Waals surface area (Å²) in [6.45, 7) is 2.77. The van der Waals surface area contributed by atoms with E-state index in [1.165, 1.54) is 13.8 Å². The number of alkyl halides is 1. The van der Waals surface area contributed by atoms with Crippen LogP contribution in [0.2, 0.25) is 5.02 Å². The summed E-state index contributed by atoms with van der Waals surface area (Å²) in [5, 5.41) is 15.2. The third kappa shape index (κ3) is 4.61. The number of carbonyl (C=O) groups excluding carboxylic acids is 2. The van der Waals surface area contributed by atoms with Crippen LogP contribution in [-0.4, -0.2) is 34.2 Å². The topological polar surface area (TPSA) is 78.4 Å². The van der Waals surface area contributed by atoms with Crippen molar-refractivity contribution in [3.05, 3.63) is 34.4 Å². The van der Waals surface area contributed by atoms with E-state index in [4.69, 9.17) is 11.6 Å². The lowest BCUT2D eigenvalue weighted by atomic mass is 9.74. The quantitative estimate of drug-likeness (QED) is 0.518. The van der Waals surface area contributed by atoms with Crippen molar-refractivity contribution in [3.63, 3.8) is 0 Å². The molecule has 0 heterocycles. The van der Waals surface area contributed by atoms with Crippen molar-refractivity contribution < 1.29 is 27.9 Å². The van der Waals surface area contributed by atoms with Gasteiger partial charge in [0.05, 0.1) is 11.1 Å². The van der Waals surface area contributed by atoms with Gasteiger partial charge < -0.3 is 15.7 Å². The predicted molar refractivity (Wildman–Crippen MR) is 117 cm³/mol. The average Bonchev–Trinajstić information content (AvgIpc) is 3.43. The van der Waals surface area contributed by atoms with Crippen LogP contribution in [0.5, 0.6) is 0 Å². The van der Waals surface area contributed by atoms with Gasteiger partial charge in [-0.2, -0.15) is 0 Å². The van der Waals surface area contributed by atoms with Gasteiger partial charge in [0, 0.05) is 17.5 Å². The van der Waals surface area contributed by atoms with E-state index in [-0.39, 0.29) is 29.0 Å². The van der Waals surface area contributed by atoms with E-state index in [0.717, 1.165) is 12.1 Å². The maximum atomic E-state index is 15.0. The molecule has 2 amide bonds. The molecule has 4 rings (SSSR count). The Morgan fingerprint density at radius 3 is 2.42 bits per heavy atom. The summed E-state index contributed by atoms with van der Waals surface area (Å²) in [5.41, 5.74) is -3.99. The highest BCUT2D eigenvalue weighted by Gasteiger charge is 2.59. The SMILES string of the molecule is CC(C)(O)C(=O)NC1CC[C@@H](C(=O)N[C@H](c2c(F)ccc(Cl)c2F)C23CCC(F)(CC2)C3)C1. The molecule has 5 nitrogen and oxygen atoms in total. The van der Waals surface area contributed by atoms with E-state index in [0.29, 0.717) is 44.9 Å². The van der Waals surface area contributed by atoms with Crippen LogP contribution in [0, 0.1) is 23.0 Å². The molecule has 1 unspecified atom stereocenters. The molecule has 0 spiro atoms. The lowest BCUT2D eigenvalue weighted by Gasteiger charge is -2.37. The zero-order valence-electron chi connectivity index (χ0n) is 18.8. The highest BCUT2D eigenvalue weighted by atomic mass is 35.5. The van der Waals surface area contributed by atoms with Crippen molar-refractivity contribution in [2.75, 3.05) is 0 Å². The maximum Gasteiger partial charge on any atom is 0.251 e. The van der Waals surface area contributed by atoms with Crippen molar-refractivity contribution in [1.29, 1.82) is 0 Å². The number of aliphatic hydroxyl groups is 1. The van der Waals surface area contributed by atoms with Gasteiger partial charge in [-0.1, -0.05) is 11.6 Å². The van der Waals surface area contributed by atoms with Gasteiger partial charge in [0.15, 0.2) is 0 Å². The molecule has 9 heteroatoms. The molecule has 3 N–H and O–H groups in total. The fraction of sp³-hybridized carbons (Fsp3) is 0.667. The zero-order valence-corrected chi connectivity index (χ0v) is 19.6. The third-order valence-electron chi connectivity index (χ3n) is 7.77. The molecule has 0 aliphatic heterocycles. The van der Waals surface area contributed by atoms with Crippen molar-refractivity contribution >= 4 is 23.4 Å². The van der Waals surface area contributed by atoms with Crippen molar-refractivity contribution in [2.24, 2.45) is 11.3 Å². The van der Waals surface area contributed by atoms with Gasteiger partial charge in [-0.05, 0) is 82.8 Å². The summed E-state index contributed by atoms with van der Waals surface area (Å²) in [7, 11) is 0.